The summed E-state index contributed by atoms with van der Waals surface area (Å²) in [6.45, 7) is 0. The third-order valence-electron chi connectivity index (χ3n) is 7.97. The van der Waals surface area contributed by atoms with Crippen molar-refractivity contribution < 1.29 is 0 Å². The number of rotatable bonds is 8. The summed E-state index contributed by atoms with van der Waals surface area (Å²) in [6.07, 6.45) is 8.70. The average Bonchev–Trinajstić information content (AvgIpc) is 3.62. The lowest BCUT2D eigenvalue weighted by atomic mass is 10.0. The second-order valence-electron chi connectivity index (χ2n) is 11.1. The van der Waals surface area contributed by atoms with Crippen LogP contribution in [0, 0.1) is 0 Å². The van der Waals surface area contributed by atoms with E-state index in [1.807, 2.05) is 11.3 Å². The lowest BCUT2D eigenvalue weighted by molar-refractivity contribution is 1.60. The van der Waals surface area contributed by atoms with Crippen molar-refractivity contribution >= 4 is 35.6 Å². The third kappa shape index (κ3) is 7.02. The van der Waals surface area contributed by atoms with Crippen LogP contribution in [0.5, 0.6) is 0 Å². The monoisotopic (exact) mass is 592 g/mol. The number of hydrogen-bond donors (Lipinski definition) is 0. The van der Waals surface area contributed by atoms with Gasteiger partial charge in [0.25, 0.3) is 0 Å². The molecule has 0 spiro atoms. The molecule has 0 aliphatic carbocycles. The van der Waals surface area contributed by atoms with Crippen LogP contribution < -0.4 is 0 Å². The van der Waals surface area contributed by atoms with Gasteiger partial charge in [0.2, 0.25) is 0 Å². The summed E-state index contributed by atoms with van der Waals surface area (Å²) in [5, 5.41) is 0. The van der Waals surface area contributed by atoms with Gasteiger partial charge in [-0.15, -0.1) is 11.3 Å². The predicted molar refractivity (Wildman–Crippen MR) is 197 cm³/mol. The molecule has 0 nitrogen and oxygen atoms in total. The van der Waals surface area contributed by atoms with Gasteiger partial charge in [0, 0.05) is 9.75 Å². The van der Waals surface area contributed by atoms with Crippen LogP contribution in [-0.4, -0.2) is 0 Å². The van der Waals surface area contributed by atoms with E-state index in [-0.39, 0.29) is 0 Å². The average molecular weight is 593 g/mol. The molecule has 0 amide bonds. The highest BCUT2D eigenvalue weighted by atomic mass is 32.1. The van der Waals surface area contributed by atoms with E-state index in [2.05, 4.69) is 194 Å². The van der Waals surface area contributed by atoms with Crippen molar-refractivity contribution in [1.29, 1.82) is 0 Å². The van der Waals surface area contributed by atoms with Crippen molar-refractivity contribution in [2.75, 3.05) is 0 Å². The molecule has 1 heteroatoms. The maximum atomic E-state index is 2.23. The Morgan fingerprint density at radius 2 is 0.511 bits per heavy atom. The predicted octanol–water partition coefficient (Wildman–Crippen LogP) is 12.8. The molecule has 45 heavy (non-hydrogen) atoms. The molecule has 0 fully saturated rings. The molecule has 0 unspecified atom stereocenters. The zero-order chi connectivity index (χ0) is 30.3. The van der Waals surface area contributed by atoms with E-state index in [9.17, 15) is 0 Å². The maximum Gasteiger partial charge on any atom is 0.0349 e. The first-order chi connectivity index (χ1) is 22.3. The molecule has 0 bridgehead atoms. The minimum absolute atomic E-state index is 1.19. The number of hydrogen-bond acceptors (Lipinski definition) is 1. The van der Waals surface area contributed by atoms with Crippen LogP contribution in [0.3, 0.4) is 0 Å². The third-order valence-corrected chi connectivity index (χ3v) is 9.15. The first kappa shape index (κ1) is 28.3. The fourth-order valence-electron chi connectivity index (χ4n) is 5.38. The molecule has 0 aliphatic rings. The van der Waals surface area contributed by atoms with Crippen molar-refractivity contribution in [1.82, 2.24) is 0 Å². The molecule has 0 saturated heterocycles. The summed E-state index contributed by atoms with van der Waals surface area (Å²) < 4.78 is 0. The van der Waals surface area contributed by atoms with Crippen molar-refractivity contribution in [3.63, 3.8) is 0 Å². The highest BCUT2D eigenvalue weighted by Crippen LogP contribution is 2.35. The van der Waals surface area contributed by atoms with Gasteiger partial charge < -0.3 is 0 Å². The Kier molecular flexibility index (Phi) is 8.44. The van der Waals surface area contributed by atoms with Gasteiger partial charge in [-0.05, 0) is 67.8 Å². The molecule has 214 valence electrons. The van der Waals surface area contributed by atoms with Crippen molar-refractivity contribution in [3.8, 4) is 43.1 Å². The van der Waals surface area contributed by atoms with E-state index in [1.165, 1.54) is 65.4 Å². The zero-order valence-electron chi connectivity index (χ0n) is 24.9. The molecular weight excluding hydrogens is 561 g/mol. The highest BCUT2D eigenvalue weighted by molar-refractivity contribution is 7.18. The SMILES string of the molecule is C(=C\c1ccc(-c2ccc(-c3ccc(/C=C/c4ccc(-c5ccccc5)cc4)cc3)s2)cc1)/c1ccc(-c2ccccc2)cc1. The topological polar surface area (TPSA) is 0 Å². The lowest BCUT2D eigenvalue weighted by Crippen LogP contribution is -1.78. The van der Waals surface area contributed by atoms with Gasteiger partial charge in [0.1, 0.15) is 0 Å². The van der Waals surface area contributed by atoms with E-state index in [0.717, 1.165) is 0 Å². The Hall–Kier alpha value is -5.50. The summed E-state index contributed by atoms with van der Waals surface area (Å²) in [4.78, 5) is 2.56. The molecule has 0 atom stereocenters. The van der Waals surface area contributed by atoms with Crippen LogP contribution >= 0.6 is 11.3 Å². The first-order valence-electron chi connectivity index (χ1n) is 15.2. The summed E-state index contributed by atoms with van der Waals surface area (Å²) in [7, 11) is 0. The van der Waals surface area contributed by atoms with Crippen LogP contribution in [0.4, 0.5) is 0 Å². The summed E-state index contributed by atoms with van der Waals surface area (Å²) >= 11 is 1.83. The van der Waals surface area contributed by atoms with Crippen molar-refractivity contribution in [2.24, 2.45) is 0 Å². The molecule has 1 heterocycles. The molecule has 1 aromatic heterocycles. The molecule has 0 radical (unpaired) electrons. The normalized spacial score (nSPS) is 11.4. The summed E-state index contributed by atoms with van der Waals surface area (Å²) in [5.41, 5.74) is 12.2. The van der Waals surface area contributed by atoms with Gasteiger partial charge >= 0.3 is 0 Å². The Morgan fingerprint density at radius 3 is 0.822 bits per heavy atom. The maximum absolute atomic E-state index is 2.23. The minimum Gasteiger partial charge on any atom is -0.135 e. The Balaban J connectivity index is 0.969. The van der Waals surface area contributed by atoms with Gasteiger partial charge in [-0.1, -0.05) is 182 Å². The molecule has 7 aromatic rings. The van der Waals surface area contributed by atoms with E-state index in [0.29, 0.717) is 0 Å². The smallest absolute Gasteiger partial charge is 0.0349 e. The molecule has 0 saturated carbocycles. The fourth-order valence-corrected chi connectivity index (χ4v) is 6.40. The van der Waals surface area contributed by atoms with Gasteiger partial charge in [0.15, 0.2) is 0 Å². The summed E-state index contributed by atoms with van der Waals surface area (Å²) in [5.74, 6) is 0. The fraction of sp³-hybridized carbons (Fsp3) is 0. The molecule has 7 rings (SSSR count). The van der Waals surface area contributed by atoms with Crippen LogP contribution in [0.15, 0.2) is 170 Å². The van der Waals surface area contributed by atoms with E-state index >= 15 is 0 Å². The van der Waals surface area contributed by atoms with Crippen LogP contribution in [0.1, 0.15) is 22.3 Å². The Morgan fingerprint density at radius 1 is 0.244 bits per heavy atom. The second-order valence-corrected chi connectivity index (χ2v) is 12.1. The van der Waals surface area contributed by atoms with Crippen LogP contribution in [0.25, 0.3) is 67.4 Å². The highest BCUT2D eigenvalue weighted by Gasteiger charge is 2.06. The number of benzene rings is 6. The quantitative estimate of drug-likeness (QED) is 0.154. The van der Waals surface area contributed by atoms with Crippen molar-refractivity contribution in [2.45, 2.75) is 0 Å². The van der Waals surface area contributed by atoms with Gasteiger partial charge in [-0.2, -0.15) is 0 Å². The van der Waals surface area contributed by atoms with Crippen LogP contribution in [-0.2, 0) is 0 Å². The molecule has 0 N–H and O–H groups in total. The molecular formula is C44H32S. The van der Waals surface area contributed by atoms with Crippen LogP contribution in [0.2, 0.25) is 0 Å². The molecule has 0 aliphatic heterocycles. The van der Waals surface area contributed by atoms with E-state index in [4.69, 9.17) is 0 Å². The first-order valence-corrected chi connectivity index (χ1v) is 16.1. The minimum atomic E-state index is 1.19. The Bertz CT molecular complexity index is 1870. The number of thiophene rings is 1. The zero-order valence-corrected chi connectivity index (χ0v) is 25.7. The summed E-state index contributed by atoms with van der Waals surface area (Å²) in [6, 6.07) is 60.5. The Labute approximate surface area is 269 Å². The van der Waals surface area contributed by atoms with E-state index < -0.39 is 0 Å². The van der Waals surface area contributed by atoms with Gasteiger partial charge in [-0.25, -0.2) is 0 Å². The van der Waals surface area contributed by atoms with Gasteiger partial charge in [-0.3, -0.25) is 0 Å². The van der Waals surface area contributed by atoms with Gasteiger partial charge in [0.05, 0.1) is 0 Å². The standard InChI is InChI=1S/C44H32S/c1-3-7-37(8-4-1)39-23-15-33(16-24-39)11-13-35-19-27-41(28-20-35)43-31-32-44(45-43)42-29-21-36(22-30-42)14-12-34-17-25-40(26-18-34)38-9-5-2-6-10-38/h1-32H/b13-11+,14-12+. The second kappa shape index (κ2) is 13.4. The molecule has 6 aromatic carbocycles. The van der Waals surface area contributed by atoms with Crippen molar-refractivity contribution in [3.05, 3.63) is 192 Å². The van der Waals surface area contributed by atoms with E-state index in [1.54, 1.807) is 0 Å². The lowest BCUT2D eigenvalue weighted by Gasteiger charge is -2.02. The largest absolute Gasteiger partial charge is 0.135 e.